The fourth-order valence-corrected chi connectivity index (χ4v) is 2.76. The lowest BCUT2D eigenvalue weighted by molar-refractivity contribution is 0.100. The lowest BCUT2D eigenvalue weighted by Crippen LogP contribution is -2.42. The fraction of sp³-hybridized carbons (Fsp3) is 0.467. The van der Waals surface area contributed by atoms with E-state index in [0.29, 0.717) is 23.2 Å². The van der Waals surface area contributed by atoms with Gasteiger partial charge in [0, 0.05) is 13.1 Å². The Morgan fingerprint density at radius 2 is 2.24 bits per heavy atom. The summed E-state index contributed by atoms with van der Waals surface area (Å²) in [5.41, 5.74) is 6.68. The minimum Gasteiger partial charge on any atom is -0.423 e. The highest BCUT2D eigenvalue weighted by Crippen LogP contribution is 2.27. The maximum atomic E-state index is 11.4. The van der Waals surface area contributed by atoms with Crippen LogP contribution in [0.1, 0.15) is 23.2 Å². The molecular weight excluding hydrogens is 268 g/mol. The molecule has 1 amide bonds. The summed E-state index contributed by atoms with van der Waals surface area (Å²) >= 11 is 0. The van der Waals surface area contributed by atoms with Crippen LogP contribution in [0.25, 0.3) is 11.1 Å². The van der Waals surface area contributed by atoms with E-state index in [1.165, 1.54) is 0 Å². The zero-order valence-corrected chi connectivity index (χ0v) is 12.3. The fourth-order valence-electron chi connectivity index (χ4n) is 2.76. The molecule has 111 valence electrons. The molecule has 3 rings (SSSR count). The van der Waals surface area contributed by atoms with Gasteiger partial charge in [0.15, 0.2) is 5.58 Å². The quantitative estimate of drug-likeness (QED) is 0.919. The molecule has 0 aliphatic carbocycles. The molecule has 0 spiro atoms. The standard InChI is InChI=1S/C15H19N4O2/c1-18-8-6-10(7-9-18)19(2)15-17-13-11(14(16)20)4-3-5-12(13)21-15/h3,5,10H,6-9H2,1-2H3,(H2,16,20). The Morgan fingerprint density at radius 3 is 2.90 bits per heavy atom. The molecule has 21 heavy (non-hydrogen) atoms. The van der Waals surface area contributed by atoms with Crippen molar-refractivity contribution in [2.75, 3.05) is 32.1 Å². The summed E-state index contributed by atoms with van der Waals surface area (Å²) in [7, 11) is 4.11. The SMILES string of the molecule is CN1CCC(N(C)c2nc3c(C(N)=O)[c]ccc3o2)CC1. The number of anilines is 1. The number of benzene rings is 1. The van der Waals surface area contributed by atoms with Crippen molar-refractivity contribution in [2.24, 2.45) is 5.73 Å². The monoisotopic (exact) mass is 287 g/mol. The van der Waals surface area contributed by atoms with Crippen LogP contribution in [0, 0.1) is 6.07 Å². The van der Waals surface area contributed by atoms with Gasteiger partial charge in [0.2, 0.25) is 0 Å². The van der Waals surface area contributed by atoms with Crippen LogP contribution in [-0.2, 0) is 0 Å². The van der Waals surface area contributed by atoms with Crippen LogP contribution in [0.15, 0.2) is 16.5 Å². The number of hydrogen-bond donors (Lipinski definition) is 1. The van der Waals surface area contributed by atoms with Crippen LogP contribution in [-0.4, -0.2) is 49.0 Å². The number of fused-ring (bicyclic) bond motifs is 1. The molecule has 1 aliphatic heterocycles. The number of aromatic nitrogens is 1. The number of carbonyl (C=O) groups is 1. The van der Waals surface area contributed by atoms with Crippen molar-refractivity contribution < 1.29 is 9.21 Å². The van der Waals surface area contributed by atoms with Crippen molar-refractivity contribution in [3.8, 4) is 0 Å². The number of hydrogen-bond acceptors (Lipinski definition) is 5. The number of rotatable bonds is 3. The van der Waals surface area contributed by atoms with Gasteiger partial charge >= 0.3 is 0 Å². The summed E-state index contributed by atoms with van der Waals surface area (Å²) < 4.78 is 5.77. The Bertz CT molecular complexity index is 659. The van der Waals surface area contributed by atoms with Crippen LogP contribution < -0.4 is 10.6 Å². The Balaban J connectivity index is 1.90. The van der Waals surface area contributed by atoms with Crippen molar-refractivity contribution in [3.05, 3.63) is 23.8 Å². The number of piperidine rings is 1. The lowest BCUT2D eigenvalue weighted by atomic mass is 10.0. The van der Waals surface area contributed by atoms with E-state index in [0.717, 1.165) is 25.9 Å². The minimum absolute atomic E-state index is 0.277. The third-order valence-corrected chi connectivity index (χ3v) is 4.13. The smallest absolute Gasteiger partial charge is 0.298 e. The molecular formula is C15H19N4O2. The largest absolute Gasteiger partial charge is 0.423 e. The van der Waals surface area contributed by atoms with Crippen LogP contribution in [0.5, 0.6) is 0 Å². The number of oxazole rings is 1. The first kappa shape index (κ1) is 13.9. The van der Waals surface area contributed by atoms with Crippen molar-refractivity contribution in [2.45, 2.75) is 18.9 Å². The van der Waals surface area contributed by atoms with Crippen LogP contribution in [0.4, 0.5) is 6.01 Å². The van der Waals surface area contributed by atoms with E-state index < -0.39 is 5.91 Å². The second-order valence-electron chi connectivity index (χ2n) is 5.57. The van der Waals surface area contributed by atoms with Gasteiger partial charge in [-0.05, 0) is 51.2 Å². The van der Waals surface area contributed by atoms with E-state index in [9.17, 15) is 4.79 Å². The van der Waals surface area contributed by atoms with Gasteiger partial charge < -0.3 is 20.0 Å². The Labute approximate surface area is 123 Å². The zero-order valence-electron chi connectivity index (χ0n) is 12.3. The predicted molar refractivity (Wildman–Crippen MR) is 80.3 cm³/mol. The first-order chi connectivity index (χ1) is 10.1. The molecule has 1 aromatic carbocycles. The summed E-state index contributed by atoms with van der Waals surface area (Å²) in [5.74, 6) is -0.539. The molecule has 1 aliphatic rings. The summed E-state index contributed by atoms with van der Waals surface area (Å²) in [5, 5.41) is 0. The highest BCUT2D eigenvalue weighted by molar-refractivity contribution is 6.03. The van der Waals surface area contributed by atoms with Crippen LogP contribution in [0.2, 0.25) is 0 Å². The molecule has 1 saturated heterocycles. The third kappa shape index (κ3) is 2.58. The summed E-state index contributed by atoms with van der Waals surface area (Å²) in [4.78, 5) is 20.2. The predicted octanol–water partition coefficient (Wildman–Crippen LogP) is 1.26. The highest BCUT2D eigenvalue weighted by atomic mass is 16.4. The number of primary amides is 1. The van der Waals surface area contributed by atoms with E-state index in [1.54, 1.807) is 12.1 Å². The average Bonchev–Trinajstić information content (AvgIpc) is 2.90. The van der Waals surface area contributed by atoms with E-state index in [2.05, 4.69) is 27.9 Å². The molecule has 6 heteroatoms. The van der Waals surface area contributed by atoms with Crippen molar-refractivity contribution >= 4 is 23.0 Å². The number of amides is 1. The van der Waals surface area contributed by atoms with Crippen molar-refractivity contribution in [1.29, 1.82) is 0 Å². The Hall–Kier alpha value is -2.08. The lowest BCUT2D eigenvalue weighted by Gasteiger charge is -2.34. The Kier molecular flexibility index (Phi) is 3.55. The normalized spacial score (nSPS) is 17.2. The van der Waals surface area contributed by atoms with Gasteiger partial charge in [0.05, 0.1) is 5.56 Å². The van der Waals surface area contributed by atoms with E-state index in [1.807, 2.05) is 7.05 Å². The van der Waals surface area contributed by atoms with Gasteiger partial charge in [-0.15, -0.1) is 0 Å². The van der Waals surface area contributed by atoms with Gasteiger partial charge in [-0.1, -0.05) is 0 Å². The molecule has 1 aromatic heterocycles. The van der Waals surface area contributed by atoms with Gasteiger partial charge in [0.1, 0.15) is 5.52 Å². The van der Waals surface area contributed by atoms with Crippen LogP contribution in [0.3, 0.4) is 0 Å². The molecule has 1 radical (unpaired) electrons. The van der Waals surface area contributed by atoms with Crippen molar-refractivity contribution in [1.82, 2.24) is 9.88 Å². The highest BCUT2D eigenvalue weighted by Gasteiger charge is 2.24. The maximum absolute atomic E-state index is 11.4. The molecule has 6 nitrogen and oxygen atoms in total. The molecule has 2 aromatic rings. The van der Waals surface area contributed by atoms with Crippen molar-refractivity contribution in [3.63, 3.8) is 0 Å². The molecule has 2 heterocycles. The molecule has 0 atom stereocenters. The summed E-state index contributed by atoms with van der Waals surface area (Å²) in [6, 6.07) is 7.14. The molecule has 2 N–H and O–H groups in total. The number of likely N-dealkylation sites (tertiary alicyclic amines) is 1. The minimum atomic E-state index is -0.539. The van der Waals surface area contributed by atoms with Gasteiger partial charge in [-0.2, -0.15) is 4.98 Å². The summed E-state index contributed by atoms with van der Waals surface area (Å²) in [6.07, 6.45) is 2.14. The second-order valence-corrected chi connectivity index (χ2v) is 5.57. The number of carbonyl (C=O) groups excluding carboxylic acids is 1. The van der Waals surface area contributed by atoms with E-state index >= 15 is 0 Å². The van der Waals surface area contributed by atoms with Gasteiger partial charge in [0.25, 0.3) is 11.9 Å². The van der Waals surface area contributed by atoms with E-state index in [4.69, 9.17) is 10.2 Å². The Morgan fingerprint density at radius 1 is 1.52 bits per heavy atom. The summed E-state index contributed by atoms with van der Waals surface area (Å²) in [6.45, 7) is 2.13. The second kappa shape index (κ2) is 5.37. The first-order valence-electron chi connectivity index (χ1n) is 7.08. The van der Waals surface area contributed by atoms with E-state index in [-0.39, 0.29) is 5.56 Å². The van der Waals surface area contributed by atoms with Gasteiger partial charge in [-0.3, -0.25) is 4.79 Å². The molecule has 0 bridgehead atoms. The molecule has 0 saturated carbocycles. The van der Waals surface area contributed by atoms with Crippen LogP contribution >= 0.6 is 0 Å². The number of nitrogens with two attached hydrogens (primary N) is 1. The molecule has 0 unspecified atom stereocenters. The topological polar surface area (TPSA) is 75.6 Å². The van der Waals surface area contributed by atoms with Gasteiger partial charge in [-0.25, -0.2) is 0 Å². The first-order valence-corrected chi connectivity index (χ1v) is 7.08. The zero-order chi connectivity index (χ0) is 15.0. The molecule has 1 fully saturated rings. The number of nitrogens with zero attached hydrogens (tertiary/aromatic N) is 3. The maximum Gasteiger partial charge on any atom is 0.298 e. The average molecular weight is 287 g/mol. The third-order valence-electron chi connectivity index (χ3n) is 4.13.